The number of carbonyl (C=O) groups is 3. The molecule has 48 heavy (non-hydrogen) atoms. The Labute approximate surface area is 294 Å². The van der Waals surface area contributed by atoms with Gasteiger partial charge in [-0.25, -0.2) is 10.2 Å². The Balaban J connectivity index is 1.60. The molecule has 0 saturated carbocycles. The first-order chi connectivity index (χ1) is 23.0. The topological polar surface area (TPSA) is 128 Å². The van der Waals surface area contributed by atoms with Crippen LogP contribution >= 0.6 is 31.9 Å². The molecule has 4 aromatic rings. The molecule has 0 heterocycles. The summed E-state index contributed by atoms with van der Waals surface area (Å²) in [6, 6.07) is 22.2. The first-order valence-corrected chi connectivity index (χ1v) is 15.8. The minimum absolute atomic E-state index is 0.0388. The zero-order valence-corrected chi connectivity index (χ0v) is 29.8. The molecule has 0 spiro atoms. The van der Waals surface area contributed by atoms with Crippen molar-refractivity contribution in [2.24, 2.45) is 5.10 Å². The summed E-state index contributed by atoms with van der Waals surface area (Å²) in [5.41, 5.74) is 4.92. The van der Waals surface area contributed by atoms with Crippen molar-refractivity contribution in [3.63, 3.8) is 0 Å². The van der Waals surface area contributed by atoms with Gasteiger partial charge in [-0.05, 0) is 76.1 Å². The molecule has 0 aromatic heterocycles. The summed E-state index contributed by atoms with van der Waals surface area (Å²) >= 11 is 6.87. The maximum atomic E-state index is 13.4. The van der Waals surface area contributed by atoms with E-state index in [1.165, 1.54) is 39.7 Å². The number of amides is 2. The average Bonchev–Trinajstić information content (AvgIpc) is 3.08. The number of nitrogens with one attached hydrogen (secondary N) is 2. The third kappa shape index (κ3) is 9.02. The van der Waals surface area contributed by atoms with Gasteiger partial charge in [-0.2, -0.15) is 5.10 Å². The van der Waals surface area contributed by atoms with E-state index in [-0.39, 0.29) is 28.5 Å². The predicted molar refractivity (Wildman–Crippen MR) is 191 cm³/mol. The maximum Gasteiger partial charge on any atom is 0.343 e. The van der Waals surface area contributed by atoms with Crippen molar-refractivity contribution >= 4 is 67.6 Å². The lowest BCUT2D eigenvalue weighted by atomic mass is 10.1. The fourth-order valence-corrected chi connectivity index (χ4v) is 5.67. The van der Waals surface area contributed by atoms with E-state index < -0.39 is 17.8 Å². The Morgan fingerprint density at radius 3 is 2.02 bits per heavy atom. The monoisotopic (exact) mass is 778 g/mol. The molecule has 4 rings (SSSR count). The SMILES string of the molecule is COc1cc(C(=O)Oc2c(Br)cc(Br)cc2/C=N/NC(=O)/C(=C/c2ccc(N(C)C)cc2)NC(=O)c2ccccc2)cc(OC)c1OC. The van der Waals surface area contributed by atoms with Crippen LogP contribution in [-0.2, 0) is 4.79 Å². The van der Waals surface area contributed by atoms with Crippen LogP contribution in [-0.4, -0.2) is 59.4 Å². The third-order valence-electron chi connectivity index (χ3n) is 6.75. The number of ether oxygens (including phenoxy) is 4. The van der Waals surface area contributed by atoms with Crippen molar-refractivity contribution in [2.75, 3.05) is 40.3 Å². The molecule has 11 nitrogen and oxygen atoms in total. The number of methoxy groups -OCH3 is 3. The van der Waals surface area contributed by atoms with E-state index in [9.17, 15) is 14.4 Å². The van der Waals surface area contributed by atoms with Crippen LogP contribution in [0.3, 0.4) is 0 Å². The Bertz CT molecular complexity index is 1840. The van der Waals surface area contributed by atoms with E-state index in [1.807, 2.05) is 43.3 Å². The van der Waals surface area contributed by atoms with Crippen molar-refractivity contribution < 1.29 is 33.3 Å². The number of rotatable bonds is 12. The number of hydrazone groups is 1. The van der Waals surface area contributed by atoms with Crippen LogP contribution in [0.2, 0.25) is 0 Å². The van der Waals surface area contributed by atoms with Gasteiger partial charge in [-0.3, -0.25) is 9.59 Å². The van der Waals surface area contributed by atoms with Gasteiger partial charge in [0.25, 0.3) is 11.8 Å². The summed E-state index contributed by atoms with van der Waals surface area (Å²) in [4.78, 5) is 41.6. The molecule has 0 aliphatic carbocycles. The number of carbonyl (C=O) groups excluding carboxylic acids is 3. The smallest absolute Gasteiger partial charge is 0.343 e. The van der Waals surface area contributed by atoms with Crippen LogP contribution in [0.5, 0.6) is 23.0 Å². The zero-order valence-electron chi connectivity index (χ0n) is 26.7. The quantitative estimate of drug-likeness (QED) is 0.0553. The fourth-order valence-electron chi connectivity index (χ4n) is 4.33. The normalized spacial score (nSPS) is 11.1. The van der Waals surface area contributed by atoms with E-state index in [1.54, 1.807) is 48.5 Å². The number of hydrogen-bond acceptors (Lipinski definition) is 9. The second-order valence-corrected chi connectivity index (χ2v) is 11.9. The van der Waals surface area contributed by atoms with Gasteiger partial charge in [-0.1, -0.05) is 46.3 Å². The molecule has 0 bridgehead atoms. The number of esters is 1. The van der Waals surface area contributed by atoms with Crippen molar-refractivity contribution in [1.29, 1.82) is 0 Å². The van der Waals surface area contributed by atoms with Crippen LogP contribution in [0.25, 0.3) is 6.08 Å². The van der Waals surface area contributed by atoms with Gasteiger partial charge >= 0.3 is 5.97 Å². The standard InChI is InChI=1S/C35H32Br2N4O7/c1-41(2)26-13-11-21(12-14-26)15-28(39-33(42)22-9-7-6-8-10-22)34(43)40-38-20-24-16-25(36)19-27(37)31(24)48-35(44)23-17-29(45-3)32(47-5)30(18-23)46-4/h6-20H,1-5H3,(H,39,42)(H,40,43)/b28-15-,38-20+. The lowest BCUT2D eigenvalue weighted by Gasteiger charge is -2.15. The molecule has 248 valence electrons. The highest BCUT2D eigenvalue weighted by molar-refractivity contribution is 9.11. The van der Waals surface area contributed by atoms with Crippen molar-refractivity contribution in [3.05, 3.63) is 116 Å². The molecule has 0 atom stereocenters. The lowest BCUT2D eigenvalue weighted by Crippen LogP contribution is -2.32. The van der Waals surface area contributed by atoms with Crippen LogP contribution in [0, 0.1) is 0 Å². The van der Waals surface area contributed by atoms with Gasteiger partial charge in [0.15, 0.2) is 17.2 Å². The Hall–Kier alpha value is -5.14. The number of halogens is 2. The highest BCUT2D eigenvalue weighted by Crippen LogP contribution is 2.39. The van der Waals surface area contributed by atoms with Gasteiger partial charge in [0.1, 0.15) is 5.70 Å². The van der Waals surface area contributed by atoms with Crippen LogP contribution in [0.1, 0.15) is 31.8 Å². The summed E-state index contributed by atoms with van der Waals surface area (Å²) in [5.74, 6) is -0.863. The molecule has 13 heteroatoms. The zero-order chi connectivity index (χ0) is 34.8. The second kappa shape index (κ2) is 16.6. The highest BCUT2D eigenvalue weighted by atomic mass is 79.9. The molecular weight excluding hydrogens is 748 g/mol. The van der Waals surface area contributed by atoms with E-state index in [4.69, 9.17) is 18.9 Å². The first-order valence-electron chi connectivity index (χ1n) is 14.2. The van der Waals surface area contributed by atoms with Crippen LogP contribution < -0.4 is 34.6 Å². The van der Waals surface area contributed by atoms with Gasteiger partial charge in [0.2, 0.25) is 5.75 Å². The molecule has 0 unspecified atom stereocenters. The summed E-state index contributed by atoms with van der Waals surface area (Å²) in [7, 11) is 8.18. The molecule has 0 fully saturated rings. The summed E-state index contributed by atoms with van der Waals surface area (Å²) in [6.07, 6.45) is 2.86. The third-order valence-corrected chi connectivity index (χ3v) is 7.80. The molecule has 2 amide bonds. The highest BCUT2D eigenvalue weighted by Gasteiger charge is 2.21. The van der Waals surface area contributed by atoms with E-state index >= 15 is 0 Å². The maximum absolute atomic E-state index is 13.4. The molecule has 0 saturated heterocycles. The largest absolute Gasteiger partial charge is 0.493 e. The summed E-state index contributed by atoms with van der Waals surface area (Å²) in [6.45, 7) is 0. The predicted octanol–water partition coefficient (Wildman–Crippen LogP) is 6.44. The van der Waals surface area contributed by atoms with Gasteiger partial charge in [-0.15, -0.1) is 0 Å². The van der Waals surface area contributed by atoms with E-state index in [0.29, 0.717) is 31.4 Å². The van der Waals surface area contributed by atoms with Gasteiger partial charge in [0.05, 0.1) is 37.6 Å². The second-order valence-electron chi connectivity index (χ2n) is 10.2. The molecule has 4 aromatic carbocycles. The molecule has 0 aliphatic rings. The van der Waals surface area contributed by atoms with Gasteiger partial charge in [0, 0.05) is 35.4 Å². The fraction of sp³-hybridized carbons (Fsp3) is 0.143. The average molecular weight is 780 g/mol. The van der Waals surface area contributed by atoms with E-state index in [2.05, 4.69) is 47.7 Å². The Morgan fingerprint density at radius 2 is 1.44 bits per heavy atom. The van der Waals surface area contributed by atoms with Gasteiger partial charge < -0.3 is 29.2 Å². The minimum Gasteiger partial charge on any atom is -0.493 e. The summed E-state index contributed by atoms with van der Waals surface area (Å²) < 4.78 is 22.9. The van der Waals surface area contributed by atoms with E-state index in [0.717, 1.165) is 5.69 Å². The van der Waals surface area contributed by atoms with Crippen molar-refractivity contribution in [2.45, 2.75) is 0 Å². The minimum atomic E-state index is -0.718. The number of nitrogens with zero attached hydrogens (tertiary/aromatic N) is 2. The molecule has 2 N–H and O–H groups in total. The summed E-state index contributed by atoms with van der Waals surface area (Å²) in [5, 5.41) is 6.79. The number of anilines is 1. The number of benzene rings is 4. The van der Waals surface area contributed by atoms with Crippen molar-refractivity contribution in [1.82, 2.24) is 10.7 Å². The Morgan fingerprint density at radius 1 is 0.792 bits per heavy atom. The van der Waals surface area contributed by atoms with Crippen LogP contribution in [0.4, 0.5) is 5.69 Å². The molecular formula is C35H32Br2N4O7. The molecule has 0 aliphatic heterocycles. The van der Waals surface area contributed by atoms with Crippen LogP contribution in [0.15, 0.2) is 98.6 Å². The number of hydrogen-bond donors (Lipinski definition) is 2. The lowest BCUT2D eigenvalue weighted by molar-refractivity contribution is -0.117. The Kier molecular flexibility index (Phi) is 12.4. The van der Waals surface area contributed by atoms with Crippen molar-refractivity contribution in [3.8, 4) is 23.0 Å². The first kappa shape index (κ1) is 35.7. The molecule has 0 radical (unpaired) electrons.